The first kappa shape index (κ1) is 26.1. The maximum atomic E-state index is 3.76. The van der Waals surface area contributed by atoms with Crippen molar-refractivity contribution in [2.75, 3.05) is 0 Å². The summed E-state index contributed by atoms with van der Waals surface area (Å²) < 4.78 is 0. The van der Waals surface area contributed by atoms with Gasteiger partial charge in [-0.05, 0) is 36.1 Å². The van der Waals surface area contributed by atoms with Gasteiger partial charge in [-0.25, -0.2) is 0 Å². The first-order valence-corrected chi connectivity index (χ1v) is 11.5. The zero-order chi connectivity index (χ0) is 24.3. The van der Waals surface area contributed by atoms with E-state index in [1.54, 1.807) is 6.08 Å². The molecular formula is C34H34. The smallest absolute Gasteiger partial charge is 0.0184 e. The van der Waals surface area contributed by atoms with Crippen LogP contribution in [0.15, 0.2) is 181 Å². The summed E-state index contributed by atoms with van der Waals surface area (Å²) in [7, 11) is 0. The van der Waals surface area contributed by atoms with E-state index in [1.165, 1.54) is 16.7 Å². The van der Waals surface area contributed by atoms with Gasteiger partial charge in [0.15, 0.2) is 0 Å². The zero-order valence-corrected chi connectivity index (χ0v) is 20.2. The summed E-state index contributed by atoms with van der Waals surface area (Å²) in [5.41, 5.74) is 5.82. The Labute approximate surface area is 206 Å². The summed E-state index contributed by atoms with van der Waals surface area (Å²) in [5.74, 6) is 0. The van der Waals surface area contributed by atoms with Crippen LogP contribution in [0, 0.1) is 0 Å². The van der Waals surface area contributed by atoms with Crippen molar-refractivity contribution in [1.29, 1.82) is 0 Å². The highest BCUT2D eigenvalue weighted by molar-refractivity contribution is 5.75. The van der Waals surface area contributed by atoms with Crippen LogP contribution in [-0.4, -0.2) is 0 Å². The minimum atomic E-state index is 1.11. The van der Waals surface area contributed by atoms with Gasteiger partial charge in [-0.3, -0.25) is 0 Å². The maximum Gasteiger partial charge on any atom is -0.0184 e. The summed E-state index contributed by atoms with van der Waals surface area (Å²) in [4.78, 5) is 0. The van der Waals surface area contributed by atoms with E-state index >= 15 is 0 Å². The molecule has 0 heterocycles. The van der Waals surface area contributed by atoms with Gasteiger partial charge in [0.2, 0.25) is 0 Å². The normalized spacial score (nSPS) is 23.2. The average molecular weight is 443 g/mol. The molecule has 0 heteroatoms. The number of allylic oxidation sites excluding steroid dienone is 25. The van der Waals surface area contributed by atoms with E-state index in [0.29, 0.717) is 0 Å². The molecule has 170 valence electrons. The second kappa shape index (κ2) is 16.5. The largest absolute Gasteiger partial charge is 0.0991 e. The SMILES string of the molecule is C=C/C=C/C=C1\C=C\C=C/C(C)=C\C=C\C=C\C1=C\C=C\C=C/C=C(/C=C\C)c1ccccc1. The van der Waals surface area contributed by atoms with Crippen LogP contribution in [0.3, 0.4) is 0 Å². The summed E-state index contributed by atoms with van der Waals surface area (Å²) >= 11 is 0. The molecule has 0 aliphatic heterocycles. The molecule has 0 saturated carbocycles. The molecule has 0 bridgehead atoms. The first-order valence-electron chi connectivity index (χ1n) is 11.5. The molecule has 0 N–H and O–H groups in total. The van der Waals surface area contributed by atoms with E-state index in [2.05, 4.69) is 147 Å². The number of rotatable bonds is 7. The highest BCUT2D eigenvalue weighted by Gasteiger charge is 1.97. The Bertz CT molecular complexity index is 1140. The van der Waals surface area contributed by atoms with Crippen molar-refractivity contribution >= 4 is 5.57 Å². The van der Waals surface area contributed by atoms with Crippen molar-refractivity contribution in [3.63, 3.8) is 0 Å². The van der Waals surface area contributed by atoms with Crippen LogP contribution in [-0.2, 0) is 0 Å². The second-order valence-corrected chi connectivity index (χ2v) is 7.50. The van der Waals surface area contributed by atoms with Gasteiger partial charge in [0.25, 0.3) is 0 Å². The Morgan fingerprint density at radius 3 is 2.06 bits per heavy atom. The fourth-order valence-electron chi connectivity index (χ4n) is 3.09. The van der Waals surface area contributed by atoms with E-state index in [-0.39, 0.29) is 0 Å². The summed E-state index contributed by atoms with van der Waals surface area (Å²) in [5, 5.41) is 0. The lowest BCUT2D eigenvalue weighted by Crippen LogP contribution is -1.83. The Morgan fingerprint density at radius 1 is 0.706 bits per heavy atom. The van der Waals surface area contributed by atoms with Crippen LogP contribution in [0.5, 0.6) is 0 Å². The minimum Gasteiger partial charge on any atom is -0.0991 e. The molecule has 0 saturated heterocycles. The highest BCUT2D eigenvalue weighted by Crippen LogP contribution is 2.17. The van der Waals surface area contributed by atoms with E-state index in [1.807, 2.05) is 25.1 Å². The molecule has 1 aromatic carbocycles. The Hall–Kier alpha value is -4.16. The van der Waals surface area contributed by atoms with Crippen molar-refractivity contribution < 1.29 is 0 Å². The number of hydrogen-bond donors (Lipinski definition) is 0. The lowest BCUT2D eigenvalue weighted by molar-refractivity contribution is 1.50. The molecular weight excluding hydrogens is 408 g/mol. The quantitative estimate of drug-likeness (QED) is 0.369. The van der Waals surface area contributed by atoms with Crippen molar-refractivity contribution in [2.24, 2.45) is 0 Å². The van der Waals surface area contributed by atoms with Crippen LogP contribution in [0.4, 0.5) is 0 Å². The number of hydrogen-bond acceptors (Lipinski definition) is 0. The molecule has 0 aromatic heterocycles. The van der Waals surface area contributed by atoms with Crippen LogP contribution in [0.25, 0.3) is 5.57 Å². The van der Waals surface area contributed by atoms with Crippen molar-refractivity contribution in [1.82, 2.24) is 0 Å². The Balaban J connectivity index is 2.29. The maximum absolute atomic E-state index is 3.76. The van der Waals surface area contributed by atoms with Gasteiger partial charge in [-0.1, -0.05) is 170 Å². The van der Waals surface area contributed by atoms with Gasteiger partial charge in [0, 0.05) is 0 Å². The molecule has 1 aliphatic carbocycles. The second-order valence-electron chi connectivity index (χ2n) is 7.50. The Morgan fingerprint density at radius 2 is 1.35 bits per heavy atom. The van der Waals surface area contributed by atoms with Gasteiger partial charge in [0.05, 0.1) is 0 Å². The van der Waals surface area contributed by atoms with Crippen molar-refractivity contribution in [2.45, 2.75) is 13.8 Å². The molecule has 0 spiro atoms. The van der Waals surface area contributed by atoms with Crippen LogP contribution in [0.1, 0.15) is 19.4 Å². The predicted molar refractivity (Wildman–Crippen MR) is 153 cm³/mol. The fourth-order valence-corrected chi connectivity index (χ4v) is 3.09. The third-order valence-electron chi connectivity index (χ3n) is 4.80. The zero-order valence-electron chi connectivity index (χ0n) is 20.2. The monoisotopic (exact) mass is 442 g/mol. The minimum absolute atomic E-state index is 1.11. The van der Waals surface area contributed by atoms with Crippen molar-refractivity contribution in [3.8, 4) is 0 Å². The molecule has 2 rings (SSSR count). The van der Waals surface area contributed by atoms with Crippen molar-refractivity contribution in [3.05, 3.63) is 187 Å². The summed E-state index contributed by atoms with van der Waals surface area (Å²) in [6, 6.07) is 10.4. The molecule has 34 heavy (non-hydrogen) atoms. The molecule has 1 aliphatic rings. The van der Waals surface area contributed by atoms with E-state index in [0.717, 1.165) is 11.1 Å². The van der Waals surface area contributed by atoms with E-state index in [4.69, 9.17) is 0 Å². The lowest BCUT2D eigenvalue weighted by Gasteiger charge is -2.02. The summed E-state index contributed by atoms with van der Waals surface area (Å²) in [6.07, 6.45) is 43.2. The van der Waals surface area contributed by atoms with E-state index in [9.17, 15) is 0 Å². The van der Waals surface area contributed by atoms with Crippen LogP contribution >= 0.6 is 0 Å². The molecule has 0 fully saturated rings. The molecule has 0 unspecified atom stereocenters. The molecule has 0 nitrogen and oxygen atoms in total. The lowest BCUT2D eigenvalue weighted by atomic mass is 10.0. The van der Waals surface area contributed by atoms with Gasteiger partial charge >= 0.3 is 0 Å². The predicted octanol–water partition coefficient (Wildman–Crippen LogP) is 9.54. The number of benzene rings is 1. The van der Waals surface area contributed by atoms with Crippen LogP contribution < -0.4 is 0 Å². The summed E-state index contributed by atoms with van der Waals surface area (Å²) in [6.45, 7) is 7.89. The molecule has 0 atom stereocenters. The first-order chi connectivity index (χ1) is 16.7. The average Bonchev–Trinajstić information content (AvgIpc) is 2.85. The molecule has 0 amide bonds. The highest BCUT2D eigenvalue weighted by atomic mass is 14.0. The Kier molecular flexibility index (Phi) is 12.6. The van der Waals surface area contributed by atoms with Crippen LogP contribution in [0.2, 0.25) is 0 Å². The molecule has 1 aromatic rings. The topological polar surface area (TPSA) is 0 Å². The van der Waals surface area contributed by atoms with Gasteiger partial charge in [-0.2, -0.15) is 0 Å². The van der Waals surface area contributed by atoms with Gasteiger partial charge in [0.1, 0.15) is 0 Å². The standard InChI is InChI=1S/C34H34/c1-4-6-11-23-33-29-19-18-22-30(3)21-12-9-15-28-34(33)25-14-8-7-13-24-31(20-5-2)32-26-16-10-17-27-32/h4-29H,1H2,2-3H3/b11-6+,12-9+,13-7-,14-8+,20-5-,22-18-,28-15+,29-19+,30-21-,31-24-,33-23+,34-25-. The molecule has 0 radical (unpaired) electrons. The van der Waals surface area contributed by atoms with Gasteiger partial charge in [-0.15, -0.1) is 0 Å². The van der Waals surface area contributed by atoms with E-state index < -0.39 is 0 Å². The fraction of sp³-hybridized carbons (Fsp3) is 0.0588. The third-order valence-corrected chi connectivity index (χ3v) is 4.80. The van der Waals surface area contributed by atoms with Gasteiger partial charge < -0.3 is 0 Å². The third kappa shape index (κ3) is 10.4.